The van der Waals surface area contributed by atoms with Gasteiger partial charge in [0.25, 0.3) is 0 Å². The number of para-hydroxylation sites is 2. The van der Waals surface area contributed by atoms with Gasteiger partial charge in [0, 0.05) is 64.0 Å². The molecule has 6 aromatic carbocycles. The highest BCUT2D eigenvalue weighted by Crippen LogP contribution is 2.39. The highest BCUT2D eigenvalue weighted by molar-refractivity contribution is 7.25. The summed E-state index contributed by atoms with van der Waals surface area (Å²) in [4.78, 5) is 10.3. The molecule has 0 atom stereocenters. The van der Waals surface area contributed by atoms with Crippen LogP contribution in [0.2, 0.25) is 0 Å². The van der Waals surface area contributed by atoms with Crippen molar-refractivity contribution in [1.82, 2.24) is 9.97 Å². The van der Waals surface area contributed by atoms with E-state index >= 15 is 0 Å². The van der Waals surface area contributed by atoms with E-state index in [1.54, 1.807) is 0 Å². The SMILES string of the molecule is c1cc(-c2ccc3oc4ccccc4c3c2)nc(-c2ccc3sc4ccc(-c5cccc(-c6ccc7oc8ccccc8c7c6)n5)cc4c3c2)c1. The zero-order valence-corrected chi connectivity index (χ0v) is 27.9. The molecule has 5 heteroatoms. The molecule has 0 radical (unpaired) electrons. The molecule has 4 nitrogen and oxygen atoms in total. The predicted octanol–water partition coefficient (Wildman–Crippen LogP) is 13.3. The molecule has 0 saturated carbocycles. The van der Waals surface area contributed by atoms with Crippen molar-refractivity contribution < 1.29 is 8.83 Å². The Bertz CT molecular complexity index is 2950. The second kappa shape index (κ2) is 11.0. The summed E-state index contributed by atoms with van der Waals surface area (Å²) in [6.45, 7) is 0. The van der Waals surface area contributed by atoms with Gasteiger partial charge in [-0.15, -0.1) is 11.3 Å². The maximum absolute atomic E-state index is 6.06. The minimum Gasteiger partial charge on any atom is -0.456 e. The molecular weight excluding hydrogens is 645 g/mol. The molecule has 0 fully saturated rings. The van der Waals surface area contributed by atoms with Crippen molar-refractivity contribution in [3.05, 3.63) is 158 Å². The lowest BCUT2D eigenvalue weighted by Crippen LogP contribution is -1.88. The molecule has 0 unspecified atom stereocenters. The Labute approximate surface area is 295 Å². The van der Waals surface area contributed by atoms with E-state index < -0.39 is 0 Å². The first-order valence-corrected chi connectivity index (χ1v) is 17.8. The maximum Gasteiger partial charge on any atom is 0.135 e. The quantitative estimate of drug-likeness (QED) is 0.187. The van der Waals surface area contributed by atoms with Gasteiger partial charge >= 0.3 is 0 Å². The number of thiophene rings is 1. The first-order valence-electron chi connectivity index (χ1n) is 17.0. The van der Waals surface area contributed by atoms with Crippen LogP contribution < -0.4 is 0 Å². The van der Waals surface area contributed by atoms with Crippen LogP contribution in [-0.4, -0.2) is 9.97 Å². The van der Waals surface area contributed by atoms with Crippen LogP contribution in [0, 0.1) is 0 Å². The maximum atomic E-state index is 6.06. The molecule has 11 aromatic rings. The molecule has 0 aliphatic rings. The third kappa shape index (κ3) is 4.59. The van der Waals surface area contributed by atoms with E-state index in [1.807, 2.05) is 59.9 Å². The third-order valence-corrected chi connectivity index (χ3v) is 11.1. The number of rotatable bonds is 4. The molecule has 0 N–H and O–H groups in total. The van der Waals surface area contributed by atoms with E-state index in [0.29, 0.717) is 0 Å². The van der Waals surface area contributed by atoms with E-state index in [0.717, 1.165) is 88.9 Å². The molecule has 5 heterocycles. The summed E-state index contributed by atoms with van der Waals surface area (Å²) in [7, 11) is 0. The molecule has 0 bridgehead atoms. The van der Waals surface area contributed by atoms with E-state index in [-0.39, 0.29) is 0 Å². The Morgan fingerprint density at radius 1 is 0.314 bits per heavy atom. The third-order valence-electron chi connectivity index (χ3n) is 9.90. The van der Waals surface area contributed by atoms with Crippen molar-refractivity contribution in [2.75, 3.05) is 0 Å². The van der Waals surface area contributed by atoms with Crippen LogP contribution in [-0.2, 0) is 0 Å². The van der Waals surface area contributed by atoms with Crippen LogP contribution in [0.1, 0.15) is 0 Å². The Hall–Kier alpha value is -6.56. The number of hydrogen-bond acceptors (Lipinski definition) is 5. The number of hydrogen-bond donors (Lipinski definition) is 0. The minimum atomic E-state index is 0.886. The molecule has 0 aliphatic heterocycles. The molecule has 238 valence electrons. The van der Waals surface area contributed by atoms with Crippen LogP contribution in [0.15, 0.2) is 167 Å². The van der Waals surface area contributed by atoms with Crippen LogP contribution in [0.4, 0.5) is 0 Å². The Kier molecular flexibility index (Phi) is 6.09. The smallest absolute Gasteiger partial charge is 0.135 e. The first-order chi connectivity index (χ1) is 25.2. The summed E-state index contributed by atoms with van der Waals surface area (Å²) in [5.41, 5.74) is 11.6. The van der Waals surface area contributed by atoms with E-state index in [2.05, 4.69) is 109 Å². The average molecular weight is 671 g/mol. The Morgan fingerprint density at radius 3 is 1.14 bits per heavy atom. The van der Waals surface area contributed by atoms with Gasteiger partial charge in [-0.05, 0) is 97.1 Å². The van der Waals surface area contributed by atoms with Gasteiger partial charge in [-0.3, -0.25) is 0 Å². The standard InChI is InChI=1S/C46H26N2O2S/c1-3-13-41-31(7-1)33-23-27(15-19-43(33)49-41)37-9-5-11-39(47-37)29-17-21-45-35(25-29)36-26-30(18-22-46(36)51-45)40-12-6-10-38(48-40)28-16-20-44-34(24-28)32-8-2-4-14-42(32)50-44/h1-26H. The van der Waals surface area contributed by atoms with Gasteiger partial charge in [-0.1, -0.05) is 60.7 Å². The highest BCUT2D eigenvalue weighted by Gasteiger charge is 2.14. The van der Waals surface area contributed by atoms with Gasteiger partial charge in [0.05, 0.1) is 22.8 Å². The molecule has 51 heavy (non-hydrogen) atoms. The molecular formula is C46H26N2O2S. The monoisotopic (exact) mass is 670 g/mol. The summed E-state index contributed by atoms with van der Waals surface area (Å²) in [5.74, 6) is 0. The number of nitrogens with zero attached hydrogens (tertiary/aromatic N) is 2. The van der Waals surface area contributed by atoms with E-state index in [1.165, 1.54) is 20.2 Å². The Balaban J connectivity index is 0.965. The summed E-state index contributed by atoms with van der Waals surface area (Å²) < 4.78 is 14.6. The fraction of sp³-hybridized carbons (Fsp3) is 0. The average Bonchev–Trinajstić information content (AvgIpc) is 3.88. The fourth-order valence-electron chi connectivity index (χ4n) is 7.38. The molecule has 0 amide bonds. The normalized spacial score (nSPS) is 11.9. The van der Waals surface area contributed by atoms with Crippen LogP contribution in [0.5, 0.6) is 0 Å². The summed E-state index contributed by atoms with van der Waals surface area (Å²) in [6.07, 6.45) is 0. The van der Waals surface area contributed by atoms with Crippen molar-refractivity contribution in [3.8, 4) is 45.0 Å². The van der Waals surface area contributed by atoms with Crippen molar-refractivity contribution in [1.29, 1.82) is 0 Å². The number of benzene rings is 6. The minimum absolute atomic E-state index is 0.886. The zero-order chi connectivity index (χ0) is 33.5. The van der Waals surface area contributed by atoms with E-state index in [9.17, 15) is 0 Å². The lowest BCUT2D eigenvalue weighted by Gasteiger charge is -2.07. The van der Waals surface area contributed by atoms with Crippen LogP contribution in [0.25, 0.3) is 109 Å². The summed E-state index contributed by atoms with van der Waals surface area (Å²) >= 11 is 1.82. The van der Waals surface area contributed by atoms with Crippen LogP contribution >= 0.6 is 11.3 Å². The number of aromatic nitrogens is 2. The van der Waals surface area contributed by atoms with Gasteiger partial charge < -0.3 is 8.83 Å². The lowest BCUT2D eigenvalue weighted by molar-refractivity contribution is 0.668. The van der Waals surface area contributed by atoms with Crippen molar-refractivity contribution in [3.63, 3.8) is 0 Å². The first kappa shape index (κ1) is 28.3. The summed E-state index contributed by atoms with van der Waals surface area (Å²) in [6, 6.07) is 54.9. The van der Waals surface area contributed by atoms with Gasteiger partial charge in [0.1, 0.15) is 22.3 Å². The summed E-state index contributed by atoms with van der Waals surface area (Å²) in [5, 5.41) is 6.88. The second-order valence-corrected chi connectivity index (χ2v) is 14.0. The zero-order valence-electron chi connectivity index (χ0n) is 27.1. The molecule has 0 aliphatic carbocycles. The highest BCUT2D eigenvalue weighted by atomic mass is 32.1. The van der Waals surface area contributed by atoms with Crippen molar-refractivity contribution >= 4 is 75.4 Å². The molecule has 11 rings (SSSR count). The van der Waals surface area contributed by atoms with Gasteiger partial charge in [-0.25, -0.2) is 9.97 Å². The van der Waals surface area contributed by atoms with Crippen molar-refractivity contribution in [2.45, 2.75) is 0 Å². The van der Waals surface area contributed by atoms with Gasteiger partial charge in [-0.2, -0.15) is 0 Å². The van der Waals surface area contributed by atoms with Crippen molar-refractivity contribution in [2.24, 2.45) is 0 Å². The number of furan rings is 2. The molecule has 0 saturated heterocycles. The number of pyridine rings is 2. The topological polar surface area (TPSA) is 52.1 Å². The number of fused-ring (bicyclic) bond motifs is 9. The predicted molar refractivity (Wildman–Crippen MR) is 211 cm³/mol. The Morgan fingerprint density at radius 2 is 0.686 bits per heavy atom. The fourth-order valence-corrected chi connectivity index (χ4v) is 8.45. The lowest BCUT2D eigenvalue weighted by atomic mass is 10.0. The molecule has 5 aromatic heterocycles. The largest absolute Gasteiger partial charge is 0.456 e. The van der Waals surface area contributed by atoms with Gasteiger partial charge in [0.2, 0.25) is 0 Å². The van der Waals surface area contributed by atoms with Crippen LogP contribution in [0.3, 0.4) is 0 Å². The van der Waals surface area contributed by atoms with Gasteiger partial charge in [0.15, 0.2) is 0 Å². The van der Waals surface area contributed by atoms with E-state index in [4.69, 9.17) is 18.8 Å². The second-order valence-electron chi connectivity index (χ2n) is 13.0. The molecule has 0 spiro atoms.